The molecule has 0 spiro atoms. The Hall–Kier alpha value is -4.04. The van der Waals surface area contributed by atoms with E-state index in [0.29, 0.717) is 25.2 Å². The molecule has 0 saturated heterocycles. The summed E-state index contributed by atoms with van der Waals surface area (Å²) in [5.41, 5.74) is 4.99. The summed E-state index contributed by atoms with van der Waals surface area (Å²) in [7, 11) is 0. The molecule has 0 radical (unpaired) electrons. The highest BCUT2D eigenvalue weighted by Gasteiger charge is 2.30. The molecule has 0 aliphatic heterocycles. The van der Waals surface area contributed by atoms with Gasteiger partial charge in [-0.3, -0.25) is 9.69 Å². The molecular weight excluding hydrogens is 464 g/mol. The first-order valence-electron chi connectivity index (χ1n) is 12.6. The number of rotatable bonds is 9. The Morgan fingerprint density at radius 3 is 2.51 bits per heavy atom. The fraction of sp³-hybridized carbons (Fsp3) is 0.310. The Labute approximate surface area is 215 Å². The summed E-state index contributed by atoms with van der Waals surface area (Å²) in [6.45, 7) is 9.98. The van der Waals surface area contributed by atoms with Crippen LogP contribution in [0.2, 0.25) is 0 Å². The molecule has 1 unspecified atom stereocenters. The topological polar surface area (TPSA) is 92.8 Å². The smallest absolute Gasteiger partial charge is 0.252 e. The Kier molecular flexibility index (Phi) is 7.01. The molecule has 5 aromatic rings. The van der Waals surface area contributed by atoms with Crippen LogP contribution in [0.4, 0.5) is 0 Å². The van der Waals surface area contributed by atoms with Crippen molar-refractivity contribution in [3.63, 3.8) is 0 Å². The lowest BCUT2D eigenvalue weighted by Crippen LogP contribution is -2.35. The van der Waals surface area contributed by atoms with Crippen LogP contribution in [-0.4, -0.2) is 30.1 Å². The van der Waals surface area contributed by atoms with Crippen LogP contribution in [0, 0.1) is 19.8 Å². The first-order chi connectivity index (χ1) is 17.9. The van der Waals surface area contributed by atoms with E-state index in [9.17, 15) is 4.79 Å². The zero-order chi connectivity index (χ0) is 25.9. The van der Waals surface area contributed by atoms with E-state index in [1.165, 1.54) is 5.56 Å². The van der Waals surface area contributed by atoms with E-state index < -0.39 is 0 Å². The van der Waals surface area contributed by atoms with Crippen LogP contribution in [0.1, 0.15) is 53.7 Å². The monoisotopic (exact) mass is 496 g/mol. The normalized spacial score (nSPS) is 12.6. The summed E-state index contributed by atoms with van der Waals surface area (Å²) in [5, 5.41) is 13.8. The van der Waals surface area contributed by atoms with E-state index in [1.54, 1.807) is 10.9 Å². The molecule has 1 atom stereocenters. The number of hydrogen-bond donors (Lipinski definition) is 1. The SMILES string of the molecule is Cc1ccc(CN(Cc2cc3cc(C)ccc3[nH]c2=O)C(c2nnnn2Cc2ccco2)C(C)C)cc1. The summed E-state index contributed by atoms with van der Waals surface area (Å²) in [6.07, 6.45) is 1.65. The van der Waals surface area contributed by atoms with Gasteiger partial charge in [-0.05, 0) is 71.5 Å². The minimum atomic E-state index is -0.140. The lowest BCUT2D eigenvalue weighted by atomic mass is 9.99. The molecule has 0 bridgehead atoms. The van der Waals surface area contributed by atoms with Gasteiger partial charge in [-0.15, -0.1) is 5.10 Å². The lowest BCUT2D eigenvalue weighted by Gasteiger charge is -2.33. The van der Waals surface area contributed by atoms with Gasteiger partial charge in [0, 0.05) is 24.2 Å². The molecule has 0 saturated carbocycles. The van der Waals surface area contributed by atoms with E-state index in [0.717, 1.165) is 33.6 Å². The van der Waals surface area contributed by atoms with Crippen LogP contribution in [-0.2, 0) is 19.6 Å². The van der Waals surface area contributed by atoms with E-state index in [4.69, 9.17) is 4.42 Å². The van der Waals surface area contributed by atoms with Gasteiger partial charge in [0.15, 0.2) is 5.82 Å². The van der Waals surface area contributed by atoms with Gasteiger partial charge >= 0.3 is 0 Å². The largest absolute Gasteiger partial charge is 0.467 e. The van der Waals surface area contributed by atoms with Crippen LogP contribution >= 0.6 is 0 Å². The molecule has 3 aromatic heterocycles. The van der Waals surface area contributed by atoms with Crippen LogP contribution < -0.4 is 5.56 Å². The first kappa shape index (κ1) is 24.6. The van der Waals surface area contributed by atoms with Crippen LogP contribution in [0.15, 0.2) is 76.1 Å². The number of aromatic nitrogens is 5. The number of furan rings is 1. The molecule has 3 heterocycles. The number of hydrogen-bond acceptors (Lipinski definition) is 6. The van der Waals surface area contributed by atoms with Crippen molar-refractivity contribution >= 4 is 10.9 Å². The highest BCUT2D eigenvalue weighted by Crippen LogP contribution is 2.30. The fourth-order valence-corrected chi connectivity index (χ4v) is 4.86. The van der Waals surface area contributed by atoms with Crippen LogP contribution in [0.5, 0.6) is 0 Å². The summed E-state index contributed by atoms with van der Waals surface area (Å²) in [4.78, 5) is 18.5. The fourth-order valence-electron chi connectivity index (χ4n) is 4.86. The third-order valence-corrected chi connectivity index (χ3v) is 6.69. The van der Waals surface area contributed by atoms with Crippen molar-refractivity contribution in [2.45, 2.75) is 53.4 Å². The van der Waals surface area contributed by atoms with Gasteiger partial charge < -0.3 is 9.40 Å². The summed E-state index contributed by atoms with van der Waals surface area (Å²) in [6, 6.07) is 20.2. The predicted octanol–water partition coefficient (Wildman–Crippen LogP) is 5.17. The zero-order valence-electron chi connectivity index (χ0n) is 21.7. The number of tetrazole rings is 1. The molecule has 8 heteroatoms. The number of H-pyrrole nitrogens is 1. The number of pyridine rings is 1. The zero-order valence-corrected chi connectivity index (χ0v) is 21.7. The van der Waals surface area contributed by atoms with Gasteiger partial charge in [-0.2, -0.15) is 0 Å². The second-order valence-corrected chi connectivity index (χ2v) is 10.1. The number of nitrogens with one attached hydrogen (secondary N) is 1. The second-order valence-electron chi connectivity index (χ2n) is 10.1. The third-order valence-electron chi connectivity index (χ3n) is 6.69. The summed E-state index contributed by atoms with van der Waals surface area (Å²) >= 11 is 0. The molecule has 1 N–H and O–H groups in total. The highest BCUT2D eigenvalue weighted by molar-refractivity contribution is 5.79. The maximum absolute atomic E-state index is 13.2. The maximum Gasteiger partial charge on any atom is 0.252 e. The van der Waals surface area contributed by atoms with E-state index in [1.807, 2.05) is 30.3 Å². The standard InChI is InChI=1S/C29H32N6O2/c1-19(2)27(28-31-32-33-35(28)18-25-6-5-13-37-25)34(16-22-10-7-20(3)8-11-22)17-24-15-23-14-21(4)9-12-26(23)30-29(24)36/h5-15,19,27H,16-18H2,1-4H3,(H,30,36). The van der Waals surface area contributed by atoms with Crippen molar-refractivity contribution in [3.05, 3.63) is 111 Å². The number of nitrogens with zero attached hydrogens (tertiary/aromatic N) is 5. The van der Waals surface area contributed by atoms with Crippen LogP contribution in [0.25, 0.3) is 10.9 Å². The van der Waals surface area contributed by atoms with E-state index >= 15 is 0 Å². The van der Waals surface area contributed by atoms with Crippen molar-refractivity contribution in [2.24, 2.45) is 5.92 Å². The van der Waals surface area contributed by atoms with E-state index in [-0.39, 0.29) is 17.5 Å². The molecule has 2 aromatic carbocycles. The van der Waals surface area contributed by atoms with Gasteiger partial charge in [-0.25, -0.2) is 4.68 Å². The van der Waals surface area contributed by atoms with Crippen LogP contribution in [0.3, 0.4) is 0 Å². The maximum atomic E-state index is 13.2. The molecule has 0 fully saturated rings. The van der Waals surface area contributed by atoms with Gasteiger partial charge in [0.05, 0.1) is 12.3 Å². The van der Waals surface area contributed by atoms with Gasteiger partial charge in [-0.1, -0.05) is 55.3 Å². The Morgan fingerprint density at radius 2 is 1.78 bits per heavy atom. The second kappa shape index (κ2) is 10.5. The minimum absolute atomic E-state index is 0.0806. The first-order valence-corrected chi connectivity index (χ1v) is 12.6. The van der Waals surface area contributed by atoms with Crippen molar-refractivity contribution in [2.75, 3.05) is 0 Å². The lowest BCUT2D eigenvalue weighted by molar-refractivity contribution is 0.125. The summed E-state index contributed by atoms with van der Waals surface area (Å²) in [5.74, 6) is 1.70. The average molecular weight is 497 g/mol. The molecule has 0 amide bonds. The molecule has 0 aliphatic rings. The number of aryl methyl sites for hydroxylation is 2. The van der Waals surface area contributed by atoms with Crippen molar-refractivity contribution < 1.29 is 4.42 Å². The Balaban J connectivity index is 1.56. The van der Waals surface area contributed by atoms with E-state index in [2.05, 4.69) is 83.4 Å². The van der Waals surface area contributed by atoms with Gasteiger partial charge in [0.1, 0.15) is 12.3 Å². The predicted molar refractivity (Wildman–Crippen MR) is 143 cm³/mol. The van der Waals surface area contributed by atoms with Crippen molar-refractivity contribution in [1.82, 2.24) is 30.1 Å². The van der Waals surface area contributed by atoms with Gasteiger partial charge in [0.25, 0.3) is 5.56 Å². The highest BCUT2D eigenvalue weighted by atomic mass is 16.3. The molecular formula is C29H32N6O2. The average Bonchev–Trinajstić information content (AvgIpc) is 3.54. The molecule has 5 rings (SSSR count). The minimum Gasteiger partial charge on any atom is -0.467 e. The Morgan fingerprint density at radius 1 is 1.00 bits per heavy atom. The van der Waals surface area contributed by atoms with Crippen molar-refractivity contribution in [3.8, 4) is 0 Å². The molecule has 0 aliphatic carbocycles. The Bertz CT molecular complexity index is 1530. The quantitative estimate of drug-likeness (QED) is 0.303. The summed E-state index contributed by atoms with van der Waals surface area (Å²) < 4.78 is 7.35. The van der Waals surface area contributed by atoms with Crippen molar-refractivity contribution in [1.29, 1.82) is 0 Å². The third kappa shape index (κ3) is 5.54. The number of benzene rings is 2. The molecule has 8 nitrogen and oxygen atoms in total. The van der Waals surface area contributed by atoms with Gasteiger partial charge in [0.2, 0.25) is 0 Å². The molecule has 190 valence electrons. The number of aromatic amines is 1. The molecule has 37 heavy (non-hydrogen) atoms. The number of fused-ring (bicyclic) bond motifs is 1.